The number of piperazine rings is 1. The maximum atomic E-state index is 14.9. The summed E-state index contributed by atoms with van der Waals surface area (Å²) in [5.41, 5.74) is -0.375. The quantitative estimate of drug-likeness (QED) is 0.613. The number of ether oxygens (including phenoxy) is 1. The molecular weight excluding hydrogens is 503 g/mol. The van der Waals surface area contributed by atoms with E-state index >= 15 is 0 Å². The molecule has 3 aliphatic rings. The summed E-state index contributed by atoms with van der Waals surface area (Å²) in [4.78, 5) is 48.5. The van der Waals surface area contributed by atoms with Crippen molar-refractivity contribution < 1.29 is 28.6 Å². The molecule has 1 N–H and O–H groups in total. The Bertz CT molecular complexity index is 1300. The zero-order chi connectivity index (χ0) is 26.4. The van der Waals surface area contributed by atoms with Crippen LogP contribution in [0.2, 0.25) is 5.02 Å². The second-order valence-corrected chi connectivity index (χ2v) is 9.77. The maximum absolute atomic E-state index is 14.9. The minimum Gasteiger partial charge on any atom is -0.507 e. The van der Waals surface area contributed by atoms with E-state index in [-0.39, 0.29) is 77.4 Å². The molecule has 3 aliphatic heterocycles. The molecule has 1 aromatic heterocycles. The second-order valence-electron chi connectivity index (χ2n) is 9.39. The standard InChI is InChI=1S/C26H26ClFN4O5/c1-3-18(34)30-10-11-31-15(12-30)13-37-24-21(26(31)36)25(32-14(2)6-4-9-19(32)35)29-23(22(24)27)20-16(28)7-5-8-17(20)33/h3,5,7-8,14-15,33H,1,4,6,9-13H2,2H3/t14?,15-/m1/s1. The number of carbonyl (C=O) groups is 3. The summed E-state index contributed by atoms with van der Waals surface area (Å²) >= 11 is 6.71. The lowest BCUT2D eigenvalue weighted by molar-refractivity contribution is -0.128. The van der Waals surface area contributed by atoms with E-state index in [4.69, 9.17) is 16.3 Å². The van der Waals surface area contributed by atoms with Gasteiger partial charge in [-0.3, -0.25) is 19.3 Å². The van der Waals surface area contributed by atoms with E-state index in [1.54, 1.807) is 9.80 Å². The molecule has 0 saturated carbocycles. The van der Waals surface area contributed by atoms with Gasteiger partial charge in [0.2, 0.25) is 11.8 Å². The van der Waals surface area contributed by atoms with E-state index in [9.17, 15) is 23.9 Å². The number of carbonyl (C=O) groups excluding carboxylic acids is 3. The maximum Gasteiger partial charge on any atom is 0.261 e. The number of aromatic nitrogens is 1. The van der Waals surface area contributed by atoms with Crippen molar-refractivity contribution in [3.63, 3.8) is 0 Å². The van der Waals surface area contributed by atoms with Crippen LogP contribution in [-0.4, -0.2) is 75.9 Å². The van der Waals surface area contributed by atoms with Crippen LogP contribution in [0.15, 0.2) is 30.9 Å². The van der Waals surface area contributed by atoms with Crippen LogP contribution in [0.3, 0.4) is 0 Å². The number of nitrogens with zero attached hydrogens (tertiary/aromatic N) is 4. The number of benzene rings is 1. The van der Waals surface area contributed by atoms with Gasteiger partial charge in [0, 0.05) is 32.1 Å². The van der Waals surface area contributed by atoms with Gasteiger partial charge in [-0.2, -0.15) is 0 Å². The molecule has 0 aliphatic carbocycles. The van der Waals surface area contributed by atoms with E-state index in [2.05, 4.69) is 11.6 Å². The summed E-state index contributed by atoms with van der Waals surface area (Å²) in [6, 6.07) is 3.03. The van der Waals surface area contributed by atoms with Gasteiger partial charge in [0.25, 0.3) is 5.91 Å². The fraction of sp³-hybridized carbons (Fsp3) is 0.385. The van der Waals surface area contributed by atoms with Gasteiger partial charge < -0.3 is 19.6 Å². The number of hydrogen-bond acceptors (Lipinski definition) is 6. The largest absolute Gasteiger partial charge is 0.507 e. The molecule has 0 radical (unpaired) electrons. The Balaban J connectivity index is 1.70. The number of amides is 3. The first-order chi connectivity index (χ1) is 17.7. The topological polar surface area (TPSA) is 103 Å². The van der Waals surface area contributed by atoms with Crippen molar-refractivity contribution in [2.45, 2.75) is 38.3 Å². The number of phenolic OH excluding ortho intramolecular Hbond substituents is 1. The monoisotopic (exact) mass is 528 g/mol. The minimum atomic E-state index is -0.769. The number of phenols is 1. The van der Waals surface area contributed by atoms with Crippen LogP contribution in [0.25, 0.3) is 11.3 Å². The molecule has 2 saturated heterocycles. The van der Waals surface area contributed by atoms with E-state index in [1.165, 1.54) is 23.1 Å². The molecule has 194 valence electrons. The number of pyridine rings is 1. The van der Waals surface area contributed by atoms with Gasteiger partial charge in [-0.15, -0.1) is 0 Å². The molecule has 4 heterocycles. The Morgan fingerprint density at radius 3 is 2.78 bits per heavy atom. The molecule has 5 rings (SSSR count). The molecule has 2 atom stereocenters. The average Bonchev–Trinajstić information content (AvgIpc) is 3.02. The third kappa shape index (κ3) is 4.19. The van der Waals surface area contributed by atoms with Crippen molar-refractivity contribution in [2.24, 2.45) is 0 Å². The van der Waals surface area contributed by atoms with Crippen molar-refractivity contribution in [2.75, 3.05) is 31.1 Å². The van der Waals surface area contributed by atoms with E-state index in [0.717, 1.165) is 6.07 Å². The van der Waals surface area contributed by atoms with Crippen LogP contribution >= 0.6 is 11.6 Å². The highest BCUT2D eigenvalue weighted by molar-refractivity contribution is 6.35. The van der Waals surface area contributed by atoms with Gasteiger partial charge in [-0.05, 0) is 38.0 Å². The molecule has 2 aromatic rings. The predicted molar refractivity (Wildman–Crippen MR) is 134 cm³/mol. The Hall–Kier alpha value is -3.66. The van der Waals surface area contributed by atoms with Gasteiger partial charge in [0.1, 0.15) is 34.5 Å². The lowest BCUT2D eigenvalue weighted by atomic mass is 10.0. The first kappa shape index (κ1) is 25.0. The highest BCUT2D eigenvalue weighted by Gasteiger charge is 2.42. The van der Waals surface area contributed by atoms with Crippen molar-refractivity contribution in [3.8, 4) is 22.8 Å². The lowest BCUT2D eigenvalue weighted by Crippen LogP contribution is -2.57. The number of halogens is 2. The number of piperidine rings is 1. The molecule has 2 fully saturated rings. The minimum absolute atomic E-state index is 0.00896. The van der Waals surface area contributed by atoms with Gasteiger partial charge in [-0.25, -0.2) is 9.37 Å². The van der Waals surface area contributed by atoms with Gasteiger partial charge in [-0.1, -0.05) is 24.2 Å². The van der Waals surface area contributed by atoms with Crippen molar-refractivity contribution in [3.05, 3.63) is 47.3 Å². The van der Waals surface area contributed by atoms with Crippen LogP contribution in [0.1, 0.15) is 36.5 Å². The molecule has 1 unspecified atom stereocenters. The molecule has 1 aromatic carbocycles. The highest BCUT2D eigenvalue weighted by Crippen LogP contribution is 2.46. The third-order valence-corrected chi connectivity index (χ3v) is 7.47. The lowest BCUT2D eigenvalue weighted by Gasteiger charge is -2.40. The smallest absolute Gasteiger partial charge is 0.261 e. The summed E-state index contributed by atoms with van der Waals surface area (Å²) in [7, 11) is 0. The molecular formula is C26H26ClFN4O5. The van der Waals surface area contributed by atoms with Crippen LogP contribution in [0.5, 0.6) is 11.5 Å². The summed E-state index contributed by atoms with van der Waals surface area (Å²) in [6.07, 6.45) is 2.87. The zero-order valence-corrected chi connectivity index (χ0v) is 21.0. The molecule has 3 amide bonds. The number of fused-ring (bicyclic) bond motifs is 2. The van der Waals surface area contributed by atoms with Crippen LogP contribution in [0.4, 0.5) is 10.2 Å². The first-order valence-electron chi connectivity index (χ1n) is 12.1. The van der Waals surface area contributed by atoms with Gasteiger partial charge in [0.05, 0.1) is 11.6 Å². The predicted octanol–water partition coefficient (Wildman–Crippen LogP) is 3.38. The summed E-state index contributed by atoms with van der Waals surface area (Å²) in [5.74, 6) is -2.10. The fourth-order valence-electron chi connectivity index (χ4n) is 5.23. The summed E-state index contributed by atoms with van der Waals surface area (Å²) in [6.45, 7) is 6.16. The van der Waals surface area contributed by atoms with Crippen LogP contribution < -0.4 is 9.64 Å². The zero-order valence-electron chi connectivity index (χ0n) is 20.2. The normalized spacial score (nSPS) is 21.6. The molecule has 0 bridgehead atoms. The highest BCUT2D eigenvalue weighted by atomic mass is 35.5. The Morgan fingerprint density at radius 1 is 1.30 bits per heavy atom. The van der Waals surface area contributed by atoms with E-state index < -0.39 is 23.5 Å². The molecule has 37 heavy (non-hydrogen) atoms. The van der Waals surface area contributed by atoms with Crippen molar-refractivity contribution >= 4 is 35.1 Å². The van der Waals surface area contributed by atoms with E-state index in [1.807, 2.05) is 6.92 Å². The Morgan fingerprint density at radius 2 is 2.08 bits per heavy atom. The molecule has 9 nitrogen and oxygen atoms in total. The average molecular weight is 529 g/mol. The van der Waals surface area contributed by atoms with Gasteiger partial charge in [0.15, 0.2) is 11.6 Å². The summed E-state index contributed by atoms with van der Waals surface area (Å²) < 4.78 is 21.0. The Labute approximate surface area is 218 Å². The third-order valence-electron chi connectivity index (χ3n) is 7.12. The second kappa shape index (κ2) is 9.66. The first-order valence-corrected chi connectivity index (χ1v) is 12.5. The number of anilines is 1. The number of aromatic hydroxyl groups is 1. The number of rotatable bonds is 3. The Kier molecular flexibility index (Phi) is 6.53. The fourth-order valence-corrected chi connectivity index (χ4v) is 5.52. The molecule has 11 heteroatoms. The summed E-state index contributed by atoms with van der Waals surface area (Å²) in [5, 5.41) is 10.3. The van der Waals surface area contributed by atoms with Crippen molar-refractivity contribution in [1.29, 1.82) is 0 Å². The number of hydrogen-bond donors (Lipinski definition) is 1. The molecule has 0 spiro atoms. The van der Waals surface area contributed by atoms with Crippen molar-refractivity contribution in [1.82, 2.24) is 14.8 Å². The van der Waals surface area contributed by atoms with Crippen LogP contribution in [0, 0.1) is 5.82 Å². The van der Waals surface area contributed by atoms with Gasteiger partial charge >= 0.3 is 0 Å². The van der Waals surface area contributed by atoms with Crippen LogP contribution in [-0.2, 0) is 9.59 Å². The SMILES string of the molecule is C=CC(=O)N1CCN2C(=O)c3c(N4C(=O)CCCC4C)nc(-c4c(O)cccc4F)c(Cl)c3OC[C@H]2C1. The van der Waals surface area contributed by atoms with E-state index in [0.29, 0.717) is 19.4 Å².